The maximum absolute atomic E-state index is 13.1. The second kappa shape index (κ2) is 8.31. The quantitative estimate of drug-likeness (QED) is 0.567. The van der Waals surface area contributed by atoms with Gasteiger partial charge < -0.3 is 19.7 Å². The van der Waals surface area contributed by atoms with Crippen LogP contribution in [0, 0.1) is 6.92 Å². The van der Waals surface area contributed by atoms with Gasteiger partial charge in [0.1, 0.15) is 17.0 Å². The van der Waals surface area contributed by atoms with E-state index < -0.39 is 0 Å². The molecule has 0 bridgehead atoms. The van der Waals surface area contributed by atoms with E-state index in [0.717, 1.165) is 38.4 Å². The molecule has 0 unspecified atom stereocenters. The van der Waals surface area contributed by atoms with Gasteiger partial charge in [0.05, 0.1) is 10.3 Å². The minimum atomic E-state index is 0.00252. The van der Waals surface area contributed by atoms with Gasteiger partial charge in [-0.25, -0.2) is 9.97 Å². The summed E-state index contributed by atoms with van der Waals surface area (Å²) in [6, 6.07) is 5.85. The predicted molar refractivity (Wildman–Crippen MR) is 118 cm³/mol. The van der Waals surface area contributed by atoms with Gasteiger partial charge in [0.15, 0.2) is 11.5 Å². The number of hydrogen-bond acceptors (Lipinski definition) is 7. The number of benzene rings is 1. The number of nitrogens with one attached hydrogen (secondary N) is 1. The number of ether oxygens (including phenoxy) is 2. The Morgan fingerprint density at radius 3 is 2.87 bits per heavy atom. The highest BCUT2D eigenvalue weighted by molar-refractivity contribution is 7.20. The Labute approximate surface area is 179 Å². The molecule has 3 aromatic rings. The minimum Gasteiger partial charge on any atom is -0.454 e. The summed E-state index contributed by atoms with van der Waals surface area (Å²) in [6.07, 6.45) is 1.53. The average molecular weight is 425 g/mol. The number of anilines is 1. The molecule has 8 heteroatoms. The Balaban J connectivity index is 1.60. The van der Waals surface area contributed by atoms with E-state index in [-0.39, 0.29) is 12.7 Å². The molecule has 2 aromatic heterocycles. The molecule has 1 aliphatic rings. The minimum absolute atomic E-state index is 0.00252. The molecule has 0 radical (unpaired) electrons. The van der Waals surface area contributed by atoms with Crippen LogP contribution in [0.3, 0.4) is 0 Å². The van der Waals surface area contributed by atoms with Crippen molar-refractivity contribution in [3.05, 3.63) is 52.7 Å². The molecule has 3 heterocycles. The summed E-state index contributed by atoms with van der Waals surface area (Å²) < 4.78 is 10.8. The van der Waals surface area contributed by atoms with Crippen molar-refractivity contribution >= 4 is 33.3 Å². The Bertz CT molecular complexity index is 1130. The molecule has 1 amide bonds. The van der Waals surface area contributed by atoms with Crippen LogP contribution in [0.25, 0.3) is 10.2 Å². The second-order valence-electron chi connectivity index (χ2n) is 7.28. The molecule has 0 aliphatic carbocycles. The van der Waals surface area contributed by atoms with E-state index in [1.807, 2.05) is 39.0 Å². The lowest BCUT2D eigenvalue weighted by Crippen LogP contribution is -2.31. The van der Waals surface area contributed by atoms with E-state index in [4.69, 9.17) is 9.47 Å². The monoisotopic (exact) mass is 424 g/mol. The van der Waals surface area contributed by atoms with Crippen molar-refractivity contribution in [3.63, 3.8) is 0 Å². The zero-order chi connectivity index (χ0) is 21.3. The van der Waals surface area contributed by atoms with Gasteiger partial charge in [0.2, 0.25) is 6.79 Å². The van der Waals surface area contributed by atoms with Crippen LogP contribution in [0.4, 0.5) is 5.82 Å². The Morgan fingerprint density at radius 1 is 1.30 bits per heavy atom. The van der Waals surface area contributed by atoms with E-state index >= 15 is 0 Å². The number of fused-ring (bicyclic) bond motifs is 2. The number of nitrogens with zero attached hydrogens (tertiary/aromatic N) is 3. The number of thiophene rings is 1. The van der Waals surface area contributed by atoms with Gasteiger partial charge in [-0.15, -0.1) is 11.3 Å². The van der Waals surface area contributed by atoms with Crippen LogP contribution < -0.4 is 14.8 Å². The Morgan fingerprint density at radius 2 is 2.10 bits per heavy atom. The summed E-state index contributed by atoms with van der Waals surface area (Å²) >= 11 is 1.41. The second-order valence-corrected chi connectivity index (χ2v) is 8.28. The topological polar surface area (TPSA) is 76.6 Å². The molecule has 7 nitrogen and oxygen atoms in total. The Hall–Kier alpha value is -3.13. The molecule has 30 heavy (non-hydrogen) atoms. The first-order valence-corrected chi connectivity index (χ1v) is 10.6. The van der Waals surface area contributed by atoms with Gasteiger partial charge in [0.25, 0.3) is 5.91 Å². The first kappa shape index (κ1) is 20.2. The summed E-state index contributed by atoms with van der Waals surface area (Å²) in [4.78, 5) is 25.2. The number of aryl methyl sites for hydroxylation is 1. The lowest BCUT2D eigenvalue weighted by molar-refractivity contribution is 0.0782. The van der Waals surface area contributed by atoms with Crippen LogP contribution in [0.1, 0.15) is 34.6 Å². The molecule has 0 saturated heterocycles. The average Bonchev–Trinajstić information content (AvgIpc) is 3.34. The van der Waals surface area contributed by atoms with Crippen LogP contribution in [-0.2, 0) is 6.54 Å². The van der Waals surface area contributed by atoms with Gasteiger partial charge in [0, 0.05) is 19.6 Å². The number of aromatic nitrogens is 2. The standard InChI is InChI=1S/C22H24N4O3S/c1-5-26(10-13(2)3)22(27)19-14(4)18-20(24-11-25-21(18)30-19)23-9-15-6-7-16-17(8-15)29-12-28-16/h6-8,11H,2,5,9-10,12H2,1,3-4H3,(H,23,24,25). The molecule has 1 aromatic carbocycles. The van der Waals surface area contributed by atoms with Crippen molar-refractivity contribution in [1.29, 1.82) is 0 Å². The molecular weight excluding hydrogens is 400 g/mol. The lowest BCUT2D eigenvalue weighted by atomic mass is 10.1. The zero-order valence-electron chi connectivity index (χ0n) is 17.3. The highest BCUT2D eigenvalue weighted by atomic mass is 32.1. The highest BCUT2D eigenvalue weighted by Crippen LogP contribution is 2.35. The summed E-state index contributed by atoms with van der Waals surface area (Å²) in [5, 5.41) is 4.27. The van der Waals surface area contributed by atoms with Crippen LogP contribution in [0.5, 0.6) is 11.5 Å². The number of amides is 1. The number of carbonyl (C=O) groups excluding carboxylic acids is 1. The van der Waals surface area contributed by atoms with Crippen molar-refractivity contribution in [2.45, 2.75) is 27.3 Å². The molecule has 156 valence electrons. The van der Waals surface area contributed by atoms with Crippen LogP contribution >= 0.6 is 11.3 Å². The van der Waals surface area contributed by atoms with E-state index in [1.54, 1.807) is 4.90 Å². The van der Waals surface area contributed by atoms with Gasteiger partial charge in [-0.05, 0) is 44.0 Å². The maximum atomic E-state index is 13.1. The molecule has 0 saturated carbocycles. The van der Waals surface area contributed by atoms with Gasteiger partial charge in [-0.3, -0.25) is 4.79 Å². The third-order valence-electron chi connectivity index (χ3n) is 4.95. The van der Waals surface area contributed by atoms with Crippen molar-refractivity contribution in [2.75, 3.05) is 25.2 Å². The molecule has 0 spiro atoms. The third-order valence-corrected chi connectivity index (χ3v) is 6.14. The fourth-order valence-electron chi connectivity index (χ4n) is 3.44. The molecule has 0 fully saturated rings. The van der Waals surface area contributed by atoms with E-state index in [1.165, 1.54) is 17.7 Å². The van der Waals surface area contributed by atoms with Crippen molar-refractivity contribution < 1.29 is 14.3 Å². The van der Waals surface area contributed by atoms with Gasteiger partial charge in [-0.2, -0.15) is 0 Å². The summed E-state index contributed by atoms with van der Waals surface area (Å²) in [7, 11) is 0. The lowest BCUT2D eigenvalue weighted by Gasteiger charge is -2.20. The molecule has 1 N–H and O–H groups in total. The van der Waals surface area contributed by atoms with E-state index in [9.17, 15) is 4.79 Å². The zero-order valence-corrected chi connectivity index (χ0v) is 18.1. The van der Waals surface area contributed by atoms with Gasteiger partial charge in [-0.1, -0.05) is 18.2 Å². The predicted octanol–water partition coefficient (Wildman–Crippen LogP) is 4.38. The summed E-state index contributed by atoms with van der Waals surface area (Å²) in [5.74, 6) is 2.23. The fraction of sp³-hybridized carbons (Fsp3) is 0.318. The molecular formula is C22H24N4O3S. The Kier molecular flexibility index (Phi) is 5.59. The van der Waals surface area contributed by atoms with Crippen molar-refractivity contribution in [3.8, 4) is 11.5 Å². The van der Waals surface area contributed by atoms with Gasteiger partial charge >= 0.3 is 0 Å². The normalized spacial score (nSPS) is 12.2. The largest absolute Gasteiger partial charge is 0.454 e. The third kappa shape index (κ3) is 3.82. The van der Waals surface area contributed by atoms with Crippen LogP contribution in [0.2, 0.25) is 0 Å². The molecule has 0 atom stereocenters. The summed E-state index contributed by atoms with van der Waals surface area (Å²) in [6.45, 7) is 11.8. The number of likely N-dealkylation sites (N-methyl/N-ethyl adjacent to an activating group) is 1. The SMILES string of the molecule is C=C(C)CN(CC)C(=O)c1sc2ncnc(NCc3ccc4c(c3)OCO4)c2c1C. The maximum Gasteiger partial charge on any atom is 0.264 e. The molecule has 4 rings (SSSR count). The molecule has 1 aliphatic heterocycles. The summed E-state index contributed by atoms with van der Waals surface area (Å²) in [5.41, 5.74) is 2.90. The van der Waals surface area contributed by atoms with Crippen molar-refractivity contribution in [2.24, 2.45) is 0 Å². The highest BCUT2D eigenvalue weighted by Gasteiger charge is 2.23. The van der Waals surface area contributed by atoms with E-state index in [2.05, 4.69) is 21.9 Å². The smallest absolute Gasteiger partial charge is 0.264 e. The number of hydrogen-bond donors (Lipinski definition) is 1. The first-order chi connectivity index (χ1) is 14.5. The van der Waals surface area contributed by atoms with Crippen LogP contribution in [-0.4, -0.2) is 40.7 Å². The van der Waals surface area contributed by atoms with Crippen molar-refractivity contribution in [1.82, 2.24) is 14.9 Å². The van der Waals surface area contributed by atoms with E-state index in [0.29, 0.717) is 30.3 Å². The van der Waals surface area contributed by atoms with Crippen LogP contribution in [0.15, 0.2) is 36.7 Å². The first-order valence-electron chi connectivity index (χ1n) is 9.78. The number of rotatable bonds is 7. The number of carbonyl (C=O) groups is 1. The fourth-order valence-corrected chi connectivity index (χ4v) is 4.56.